The monoisotopic (exact) mass is 439 g/mol. The summed E-state index contributed by atoms with van der Waals surface area (Å²) in [5.74, 6) is -2.41. The fourth-order valence-electron chi connectivity index (χ4n) is 2.01. The maximum atomic E-state index is 10.4. The Morgan fingerprint density at radius 2 is 1.78 bits per heavy atom. The smallest absolute Gasteiger partial charge is 0.321 e. The molecule has 18 heavy (non-hydrogen) atoms. The SMILES string of the molecule is NCC1CCCN1.O=C(O)C1(C(=O)O)CCC1.[Pt]. The number of carboxylic acid groups (broad SMARTS) is 2. The molecular weight excluding hydrogens is 419 g/mol. The molecule has 0 aromatic carbocycles. The van der Waals surface area contributed by atoms with Crippen molar-refractivity contribution in [3.63, 3.8) is 0 Å². The second kappa shape index (κ2) is 7.87. The van der Waals surface area contributed by atoms with Crippen LogP contribution in [0, 0.1) is 5.41 Å². The maximum Gasteiger partial charge on any atom is 0.321 e. The molecule has 1 unspecified atom stereocenters. The van der Waals surface area contributed by atoms with Crippen LogP contribution in [0.15, 0.2) is 0 Å². The Bertz CT molecular complexity index is 273. The number of carboxylic acids is 2. The van der Waals surface area contributed by atoms with Gasteiger partial charge in [-0.2, -0.15) is 0 Å². The summed E-state index contributed by atoms with van der Waals surface area (Å²) in [7, 11) is 0. The standard InChI is InChI=1S/C6H8O4.C5H12N2.Pt/c7-4(8)6(5(9)10)2-1-3-6;6-4-5-2-1-3-7-5;/h1-3H2,(H,7,8)(H,9,10);5,7H,1-4,6H2;. The van der Waals surface area contributed by atoms with Crippen LogP contribution >= 0.6 is 0 Å². The van der Waals surface area contributed by atoms with Crippen LogP contribution in [0.5, 0.6) is 0 Å². The Balaban J connectivity index is 0.000000321. The zero-order valence-electron chi connectivity index (χ0n) is 10.1. The molecule has 1 heterocycles. The first-order valence-corrected chi connectivity index (χ1v) is 5.93. The molecule has 1 atom stereocenters. The minimum Gasteiger partial charge on any atom is -0.480 e. The molecular formula is C11H20N2O4Pt. The maximum absolute atomic E-state index is 10.4. The zero-order valence-corrected chi connectivity index (χ0v) is 12.4. The van der Waals surface area contributed by atoms with Gasteiger partial charge in [0.2, 0.25) is 0 Å². The van der Waals surface area contributed by atoms with E-state index in [1.807, 2.05) is 0 Å². The van der Waals surface area contributed by atoms with Crippen LogP contribution in [0.3, 0.4) is 0 Å². The van der Waals surface area contributed by atoms with Gasteiger partial charge in [0, 0.05) is 33.7 Å². The molecule has 0 amide bonds. The third-order valence-corrected chi connectivity index (χ3v) is 3.47. The van der Waals surface area contributed by atoms with E-state index in [0.717, 1.165) is 6.54 Å². The van der Waals surface area contributed by atoms with Gasteiger partial charge < -0.3 is 21.3 Å². The summed E-state index contributed by atoms with van der Waals surface area (Å²) in [5.41, 5.74) is 3.93. The molecule has 0 aromatic rings. The van der Waals surface area contributed by atoms with Crippen molar-refractivity contribution in [2.24, 2.45) is 11.1 Å². The number of hydrogen-bond acceptors (Lipinski definition) is 4. The molecule has 0 bridgehead atoms. The summed E-state index contributed by atoms with van der Waals surface area (Å²) in [6, 6.07) is 0.625. The van der Waals surface area contributed by atoms with Crippen molar-refractivity contribution in [1.82, 2.24) is 5.32 Å². The van der Waals surface area contributed by atoms with E-state index in [2.05, 4.69) is 5.32 Å². The predicted molar refractivity (Wildman–Crippen MR) is 61.6 cm³/mol. The molecule has 2 fully saturated rings. The third-order valence-electron chi connectivity index (χ3n) is 3.47. The summed E-state index contributed by atoms with van der Waals surface area (Å²) in [6.07, 6.45) is 3.84. The van der Waals surface area contributed by atoms with Gasteiger partial charge in [-0.05, 0) is 38.6 Å². The number of rotatable bonds is 3. The van der Waals surface area contributed by atoms with Gasteiger partial charge in [0.05, 0.1) is 0 Å². The van der Waals surface area contributed by atoms with Crippen molar-refractivity contribution in [2.45, 2.75) is 38.1 Å². The fraction of sp³-hybridized carbons (Fsp3) is 0.818. The fourth-order valence-corrected chi connectivity index (χ4v) is 2.01. The van der Waals surface area contributed by atoms with Gasteiger partial charge in [0.25, 0.3) is 0 Å². The topological polar surface area (TPSA) is 113 Å². The van der Waals surface area contributed by atoms with E-state index in [0.29, 0.717) is 12.5 Å². The number of aliphatic carboxylic acids is 2. The first-order chi connectivity index (χ1) is 8.03. The van der Waals surface area contributed by atoms with Crippen LogP contribution in [0.1, 0.15) is 32.1 Å². The first kappa shape index (κ1) is 17.5. The molecule has 0 spiro atoms. The Kier molecular flexibility index (Phi) is 7.67. The minimum absolute atomic E-state index is 0. The summed E-state index contributed by atoms with van der Waals surface area (Å²) < 4.78 is 0. The van der Waals surface area contributed by atoms with Crippen molar-refractivity contribution >= 4 is 11.9 Å². The summed E-state index contributed by atoms with van der Waals surface area (Å²) in [4.78, 5) is 20.7. The van der Waals surface area contributed by atoms with Gasteiger partial charge in [-0.1, -0.05) is 0 Å². The van der Waals surface area contributed by atoms with Crippen LogP contribution < -0.4 is 11.1 Å². The van der Waals surface area contributed by atoms with Crippen LogP contribution in [-0.4, -0.2) is 41.3 Å². The number of hydrogen-bond donors (Lipinski definition) is 4. The molecule has 1 aliphatic heterocycles. The molecule has 1 aliphatic carbocycles. The second-order valence-corrected chi connectivity index (χ2v) is 4.57. The minimum atomic E-state index is -1.44. The van der Waals surface area contributed by atoms with Gasteiger partial charge in [0.1, 0.15) is 0 Å². The quantitative estimate of drug-likeness (QED) is 0.462. The molecule has 108 valence electrons. The molecule has 2 aliphatic rings. The van der Waals surface area contributed by atoms with Crippen molar-refractivity contribution in [1.29, 1.82) is 0 Å². The number of carbonyl (C=O) groups is 2. The molecule has 1 saturated carbocycles. The van der Waals surface area contributed by atoms with Crippen molar-refractivity contribution in [3.05, 3.63) is 0 Å². The van der Waals surface area contributed by atoms with Crippen LogP contribution in [-0.2, 0) is 30.7 Å². The summed E-state index contributed by atoms with van der Waals surface area (Å²) in [6.45, 7) is 1.97. The number of nitrogens with two attached hydrogens (primary N) is 1. The normalized spacial score (nSPS) is 23.9. The largest absolute Gasteiger partial charge is 0.480 e. The van der Waals surface area contributed by atoms with Crippen molar-refractivity contribution < 1.29 is 40.9 Å². The molecule has 6 nitrogen and oxygen atoms in total. The first-order valence-electron chi connectivity index (χ1n) is 5.93. The molecule has 5 N–H and O–H groups in total. The summed E-state index contributed by atoms with van der Waals surface area (Å²) in [5, 5.41) is 20.2. The van der Waals surface area contributed by atoms with Crippen LogP contribution in [0.4, 0.5) is 0 Å². The van der Waals surface area contributed by atoms with Gasteiger partial charge in [0.15, 0.2) is 5.41 Å². The van der Waals surface area contributed by atoms with Gasteiger partial charge in [-0.3, -0.25) is 9.59 Å². The number of nitrogens with one attached hydrogen (secondary N) is 1. The van der Waals surface area contributed by atoms with E-state index in [1.54, 1.807) is 0 Å². The summed E-state index contributed by atoms with van der Waals surface area (Å²) >= 11 is 0. The van der Waals surface area contributed by atoms with E-state index in [1.165, 1.54) is 19.4 Å². The van der Waals surface area contributed by atoms with Crippen LogP contribution in [0.2, 0.25) is 0 Å². The molecule has 7 heteroatoms. The van der Waals surface area contributed by atoms with E-state index in [4.69, 9.17) is 15.9 Å². The second-order valence-electron chi connectivity index (χ2n) is 4.57. The molecule has 0 radical (unpaired) electrons. The third kappa shape index (κ3) is 4.04. The Labute approximate surface area is 121 Å². The average molecular weight is 439 g/mol. The average Bonchev–Trinajstić information content (AvgIpc) is 2.67. The molecule has 2 rings (SSSR count). The van der Waals surface area contributed by atoms with E-state index in [-0.39, 0.29) is 33.9 Å². The van der Waals surface area contributed by atoms with Crippen molar-refractivity contribution in [2.75, 3.05) is 13.1 Å². The Morgan fingerprint density at radius 1 is 1.22 bits per heavy atom. The predicted octanol–water partition coefficient (Wildman–Crippen LogP) is 0.0205. The van der Waals surface area contributed by atoms with E-state index < -0.39 is 17.4 Å². The van der Waals surface area contributed by atoms with Crippen LogP contribution in [0.25, 0.3) is 0 Å². The van der Waals surface area contributed by atoms with Gasteiger partial charge >= 0.3 is 11.9 Å². The zero-order chi connectivity index (χ0) is 12.9. The van der Waals surface area contributed by atoms with Crippen molar-refractivity contribution in [3.8, 4) is 0 Å². The Morgan fingerprint density at radius 3 is 1.89 bits per heavy atom. The van der Waals surface area contributed by atoms with Gasteiger partial charge in [-0.25, -0.2) is 0 Å². The van der Waals surface area contributed by atoms with E-state index >= 15 is 0 Å². The van der Waals surface area contributed by atoms with E-state index in [9.17, 15) is 9.59 Å². The Hall–Kier alpha value is -0.452. The molecule has 1 saturated heterocycles. The molecule has 0 aromatic heterocycles. The van der Waals surface area contributed by atoms with Gasteiger partial charge in [-0.15, -0.1) is 0 Å².